The molecule has 0 fully saturated rings. The number of hydrogen-bond donors (Lipinski definition) is 6. The number of para-hydroxylation sites is 10. The Morgan fingerprint density at radius 1 is 0.565 bits per heavy atom. The lowest BCUT2D eigenvalue weighted by atomic mass is 10.2. The number of anilines is 2. The summed E-state index contributed by atoms with van der Waals surface area (Å²) in [6, 6.07) is 53.8. The van der Waals surface area contributed by atoms with E-state index in [0.717, 1.165) is 49.7 Å². The zero-order valence-corrected chi connectivity index (χ0v) is 40.3. The molecule has 0 aliphatic heterocycles. The number of hydrogen-bond acceptors (Lipinski definition) is 10. The van der Waals surface area contributed by atoms with Gasteiger partial charge < -0.3 is 31.0 Å². The average molecular weight is 1040 g/mol. The lowest BCUT2D eigenvalue weighted by Crippen LogP contribution is -2.75. The molecular formula is C48H37Cl6N14O+. The van der Waals surface area contributed by atoms with Gasteiger partial charge in [0.25, 0.3) is 0 Å². The van der Waals surface area contributed by atoms with Gasteiger partial charge in [0.05, 0.1) is 62.1 Å². The predicted molar refractivity (Wildman–Crippen MR) is 276 cm³/mol. The van der Waals surface area contributed by atoms with Crippen LogP contribution in [0.3, 0.4) is 0 Å². The van der Waals surface area contributed by atoms with Crippen LogP contribution in [0, 0.1) is 34.0 Å². The first-order chi connectivity index (χ1) is 33.0. The highest BCUT2D eigenvalue weighted by Gasteiger charge is 2.35. The molecule has 0 aliphatic rings. The number of nitrogen functional groups attached to an aromatic ring is 2. The Balaban J connectivity index is 0.000000158. The number of nitrogens with two attached hydrogens (primary N) is 2. The van der Waals surface area contributed by atoms with Gasteiger partial charge in [0, 0.05) is 0 Å². The fraction of sp³-hybridized carbons (Fsp3) is 0.0625. The second kappa shape index (κ2) is 24.9. The third kappa shape index (κ3) is 15.4. The number of benzene rings is 6. The number of rotatable bonds is 2. The molecule has 21 heteroatoms. The lowest BCUT2D eigenvalue weighted by Gasteiger charge is -2.05. The van der Waals surface area contributed by atoms with Crippen LogP contribution in [0.5, 0.6) is 0 Å². The van der Waals surface area contributed by atoms with Crippen LogP contribution in [0.2, 0.25) is 0 Å². The van der Waals surface area contributed by atoms with E-state index >= 15 is 0 Å². The molecule has 0 unspecified atom stereocenters. The van der Waals surface area contributed by atoms with Gasteiger partial charge in [-0.15, -0.1) is 0 Å². The molecule has 0 atom stereocenters. The number of nitriles is 3. The highest BCUT2D eigenvalue weighted by Crippen LogP contribution is 2.37. The number of fused-ring (bicyclic) bond motifs is 4. The topological polar surface area (TPSA) is 258 Å². The van der Waals surface area contributed by atoms with Crippen LogP contribution in [0.15, 0.2) is 152 Å². The second-order valence-corrected chi connectivity index (χ2v) is 18.3. The number of carbonyl (C=O) groups excluding carboxylic acids is 1. The van der Waals surface area contributed by atoms with Gasteiger partial charge in [-0.2, -0.15) is 20.8 Å². The number of carbonyl (C=O) groups is 1. The highest BCUT2D eigenvalue weighted by atomic mass is 35.6. The van der Waals surface area contributed by atoms with E-state index in [1.54, 1.807) is 12.1 Å². The van der Waals surface area contributed by atoms with E-state index in [2.05, 4.69) is 59.8 Å². The summed E-state index contributed by atoms with van der Waals surface area (Å²) >= 11 is 32.2. The molecule has 8 N–H and O–H groups in total. The number of imidazole rings is 4. The molecule has 346 valence electrons. The second-order valence-electron chi connectivity index (χ2n) is 13.8. The van der Waals surface area contributed by atoms with Crippen LogP contribution in [-0.4, -0.2) is 55.9 Å². The maximum Gasteiger partial charge on any atom is 0.436 e. The molecule has 0 saturated heterocycles. The van der Waals surface area contributed by atoms with Crippen LogP contribution in [-0.2, 0) is 15.1 Å². The third-order valence-corrected chi connectivity index (χ3v) is 10.1. The van der Waals surface area contributed by atoms with E-state index < -0.39 is 13.5 Å². The van der Waals surface area contributed by atoms with E-state index in [0.29, 0.717) is 41.2 Å². The van der Waals surface area contributed by atoms with Crippen molar-refractivity contribution >= 4 is 138 Å². The number of nitrogens with one attached hydrogen (secondary N) is 4. The van der Waals surface area contributed by atoms with Gasteiger partial charge in [0.15, 0.2) is 5.82 Å². The van der Waals surface area contributed by atoms with E-state index in [1.165, 1.54) is 0 Å². The van der Waals surface area contributed by atoms with Gasteiger partial charge >= 0.3 is 9.70 Å². The quantitative estimate of drug-likeness (QED) is 0.0542. The molecule has 4 heterocycles. The van der Waals surface area contributed by atoms with Crippen LogP contribution < -0.4 is 16.5 Å². The highest BCUT2D eigenvalue weighted by molar-refractivity contribution is 6.75. The average Bonchev–Trinajstić information content (AvgIpc) is 4.17. The van der Waals surface area contributed by atoms with Gasteiger partial charge in [-0.05, 0) is 66.2 Å². The first-order valence-corrected chi connectivity index (χ1v) is 22.2. The van der Waals surface area contributed by atoms with Gasteiger partial charge in [-0.25, -0.2) is 24.7 Å². The molecule has 6 aromatic carbocycles. The number of alkyl halides is 6. The molecular weight excluding hydrogens is 1000 g/mol. The Hall–Kier alpha value is -7.65. The molecule has 1 amide bonds. The number of H-pyrrole nitrogens is 3. The Morgan fingerprint density at radius 3 is 1.38 bits per heavy atom. The van der Waals surface area contributed by atoms with Crippen molar-refractivity contribution in [3.05, 3.63) is 181 Å². The van der Waals surface area contributed by atoms with Crippen LogP contribution in [0.25, 0.3) is 44.1 Å². The number of halogens is 6. The minimum Gasteiger partial charge on any atom is -0.397 e. The Kier molecular flexibility index (Phi) is 18.9. The van der Waals surface area contributed by atoms with Crippen molar-refractivity contribution in [2.45, 2.75) is 14.1 Å². The number of aromatic amines is 3. The van der Waals surface area contributed by atoms with Crippen molar-refractivity contribution in [3.63, 3.8) is 0 Å². The first-order valence-electron chi connectivity index (χ1n) is 19.9. The molecule has 10 rings (SSSR count). The number of amides is 1. The molecule has 15 nitrogen and oxygen atoms in total. The smallest absolute Gasteiger partial charge is 0.397 e. The largest absolute Gasteiger partial charge is 0.436 e. The Bertz CT molecular complexity index is 3220. The summed E-state index contributed by atoms with van der Waals surface area (Å²) in [5.41, 5.74) is 20.3. The normalized spacial score (nSPS) is 10.4. The fourth-order valence-electron chi connectivity index (χ4n) is 5.80. The first kappa shape index (κ1) is 52.3. The SMILES string of the molecule is C=[NH+]C(=O)C(Cl)(Cl)Cl.ClC(Cl)(Cl)c1nc2ccccc2[nH]1.N#Cc1nc2ccccc2[nH]1.N#Cc1nc2ccccc2[nH]1.N#Cc1nc2ccccc2n1Cc1ccccc1.Nc1ccccc1N. The summed E-state index contributed by atoms with van der Waals surface area (Å²) < 4.78 is -1.43. The van der Waals surface area contributed by atoms with E-state index in [9.17, 15) is 4.79 Å². The summed E-state index contributed by atoms with van der Waals surface area (Å²) in [5, 5.41) is 26.2. The summed E-state index contributed by atoms with van der Waals surface area (Å²) in [4.78, 5) is 37.3. The Morgan fingerprint density at radius 2 is 0.986 bits per heavy atom. The monoisotopic (exact) mass is 1040 g/mol. The minimum atomic E-state index is -1.89. The van der Waals surface area contributed by atoms with Crippen molar-refractivity contribution in [1.82, 2.24) is 39.5 Å². The molecule has 0 spiro atoms. The number of aromatic nitrogens is 8. The fourth-order valence-corrected chi connectivity index (χ4v) is 6.27. The van der Waals surface area contributed by atoms with Gasteiger partial charge in [-0.3, -0.25) is 0 Å². The molecule has 0 saturated carbocycles. The summed E-state index contributed by atoms with van der Waals surface area (Å²) in [5.74, 6) is 0.804. The summed E-state index contributed by atoms with van der Waals surface area (Å²) in [6.07, 6.45) is 0. The summed E-state index contributed by atoms with van der Waals surface area (Å²) in [6.45, 7) is 3.67. The standard InChI is InChI=1S/C15H11N3.C8H5Cl3N2.2C8H5N3.C6H8N2.C3H2Cl3NO/c16-10-15-17-13-8-4-5-9-14(13)18(15)11-12-6-2-1-3-7-12;9-8(10,11)7-12-5-3-1-2-4-6(5)13-7;2*9-5-8-10-6-3-1-2-4-7(6)11-8;7-5-3-1-2-4-6(5)8;1-7-2(8)3(4,5)6/h1-9H,11H2;1-4H,(H,12,13);2*1-4H,(H,10,11);1-4H,7-8H2;1H2/p+1. The molecule has 0 radical (unpaired) electrons. The van der Waals surface area contributed by atoms with Crippen molar-refractivity contribution in [1.29, 1.82) is 15.8 Å². The molecule has 10 aromatic rings. The molecule has 0 bridgehead atoms. The van der Waals surface area contributed by atoms with Crippen molar-refractivity contribution in [3.8, 4) is 18.2 Å². The van der Waals surface area contributed by atoms with E-state index in [1.807, 2.05) is 149 Å². The van der Waals surface area contributed by atoms with Crippen LogP contribution in [0.4, 0.5) is 11.4 Å². The minimum absolute atomic E-state index is 0.346. The molecule has 4 aromatic heterocycles. The maximum absolute atomic E-state index is 10.3. The predicted octanol–water partition coefficient (Wildman–Crippen LogP) is 9.73. The van der Waals surface area contributed by atoms with E-state index in [4.69, 9.17) is 96.9 Å². The third-order valence-electron chi connectivity index (χ3n) is 9.00. The zero-order chi connectivity index (χ0) is 50.0. The van der Waals surface area contributed by atoms with Gasteiger partial charge in [0.1, 0.15) is 24.9 Å². The van der Waals surface area contributed by atoms with Crippen molar-refractivity contribution < 1.29 is 9.79 Å². The Labute approximate surface area is 424 Å². The molecule has 0 aliphatic carbocycles. The van der Waals surface area contributed by atoms with Gasteiger partial charge in [-0.1, -0.05) is 161 Å². The maximum atomic E-state index is 10.3. The van der Waals surface area contributed by atoms with Crippen LogP contribution >= 0.6 is 69.6 Å². The lowest BCUT2D eigenvalue weighted by molar-refractivity contribution is -0.367. The van der Waals surface area contributed by atoms with Crippen LogP contribution in [0.1, 0.15) is 28.9 Å². The van der Waals surface area contributed by atoms with E-state index in [-0.39, 0.29) is 0 Å². The summed E-state index contributed by atoms with van der Waals surface area (Å²) in [7, 11) is 0. The van der Waals surface area contributed by atoms with Crippen molar-refractivity contribution in [2.24, 2.45) is 0 Å². The van der Waals surface area contributed by atoms with Gasteiger partial charge in [0.2, 0.25) is 21.3 Å². The molecule has 69 heavy (non-hydrogen) atoms. The number of nitrogens with zero attached hydrogens (tertiary/aromatic N) is 8. The zero-order valence-electron chi connectivity index (χ0n) is 35.8. The van der Waals surface area contributed by atoms with Crippen molar-refractivity contribution in [2.75, 3.05) is 11.5 Å².